The minimum atomic E-state index is -0.414. The van der Waals surface area contributed by atoms with Gasteiger partial charge in [0.15, 0.2) is 0 Å². The first-order valence-corrected chi connectivity index (χ1v) is 21.9. The lowest BCUT2D eigenvalue weighted by Gasteiger charge is -2.26. The van der Waals surface area contributed by atoms with E-state index in [9.17, 15) is 24.0 Å². The molecule has 6 rings (SSSR count). The van der Waals surface area contributed by atoms with Gasteiger partial charge in [0, 0.05) is 18.7 Å². The summed E-state index contributed by atoms with van der Waals surface area (Å²) in [5.74, 6) is -1.60. The van der Waals surface area contributed by atoms with Crippen molar-refractivity contribution in [2.24, 2.45) is 28.8 Å². The van der Waals surface area contributed by atoms with Gasteiger partial charge in [0.05, 0.1) is 60.4 Å². The van der Waals surface area contributed by atoms with Gasteiger partial charge in [-0.25, -0.2) is 14.8 Å². The molecule has 2 saturated carbocycles. The number of hydrazone groups is 1. The standard InChI is InChI=1S/C47H53N3O11S/c1-4-42(51)58-28-10-6-5-9-27-57-36-21-23-37(24-22-36)59-44(53)32-17-19-33(20-18-32)45(54)60-38-25-26-40(61-46(55)34-15-13-31(14-16-34)43(52)56-3)35(29-38)30-48-50(2)47-49-39-11-7-8-12-41(39)62-47/h4,7-8,11-12,21-26,29-34H,1,5-6,9-10,13-20,27-28H2,2-3H3/b48-30+. The van der Waals surface area contributed by atoms with Gasteiger partial charge in [0.2, 0.25) is 5.13 Å². The molecule has 3 aromatic carbocycles. The zero-order valence-electron chi connectivity index (χ0n) is 35.2. The fourth-order valence-electron chi connectivity index (χ4n) is 7.45. The highest BCUT2D eigenvalue weighted by Crippen LogP contribution is 2.35. The lowest BCUT2D eigenvalue weighted by Crippen LogP contribution is -2.30. The van der Waals surface area contributed by atoms with E-state index in [0.717, 1.165) is 42.0 Å². The summed E-state index contributed by atoms with van der Waals surface area (Å²) in [6, 6.07) is 19.5. The van der Waals surface area contributed by atoms with Gasteiger partial charge in [-0.1, -0.05) is 30.0 Å². The number of aromatic nitrogens is 1. The molecule has 1 aromatic heterocycles. The smallest absolute Gasteiger partial charge is 0.330 e. The van der Waals surface area contributed by atoms with Gasteiger partial charge in [-0.15, -0.1) is 0 Å². The first-order valence-electron chi connectivity index (χ1n) is 21.1. The number of methoxy groups -OCH3 is 1. The van der Waals surface area contributed by atoms with Gasteiger partial charge in [-0.3, -0.25) is 19.2 Å². The largest absolute Gasteiger partial charge is 0.494 e. The normalized spacial score (nSPS) is 18.7. The molecule has 0 N–H and O–H groups in total. The zero-order chi connectivity index (χ0) is 43.8. The molecule has 1 heterocycles. The summed E-state index contributed by atoms with van der Waals surface area (Å²) in [5.41, 5.74) is 1.27. The van der Waals surface area contributed by atoms with Crippen LogP contribution >= 0.6 is 11.3 Å². The van der Waals surface area contributed by atoms with E-state index in [-0.39, 0.29) is 41.2 Å². The van der Waals surface area contributed by atoms with Crippen molar-refractivity contribution in [1.29, 1.82) is 0 Å². The average Bonchev–Trinajstić information content (AvgIpc) is 3.75. The van der Waals surface area contributed by atoms with Crippen LogP contribution in [0.1, 0.15) is 82.6 Å². The molecule has 0 atom stereocenters. The highest BCUT2D eigenvalue weighted by atomic mass is 32.1. The number of rotatable bonds is 19. The van der Waals surface area contributed by atoms with Crippen LogP contribution < -0.4 is 24.0 Å². The Balaban J connectivity index is 0.996. The maximum atomic E-state index is 13.4. The Hall–Kier alpha value is -6.09. The van der Waals surface area contributed by atoms with Crippen molar-refractivity contribution in [3.63, 3.8) is 0 Å². The Bertz CT molecular complexity index is 2170. The van der Waals surface area contributed by atoms with Crippen LogP contribution in [0.5, 0.6) is 23.0 Å². The number of carbonyl (C=O) groups is 5. The van der Waals surface area contributed by atoms with Gasteiger partial charge in [0.25, 0.3) is 0 Å². The number of para-hydroxylation sites is 1. The molecule has 0 saturated heterocycles. The molecule has 0 aliphatic heterocycles. The molecule has 0 amide bonds. The Morgan fingerprint density at radius 2 is 1.26 bits per heavy atom. The second-order valence-electron chi connectivity index (χ2n) is 15.4. The second kappa shape index (κ2) is 22.7. The van der Waals surface area contributed by atoms with E-state index in [2.05, 4.69) is 16.7 Å². The van der Waals surface area contributed by atoms with Crippen LogP contribution in [-0.2, 0) is 33.4 Å². The number of unbranched alkanes of at least 4 members (excludes halogenated alkanes) is 3. The molecule has 328 valence electrons. The summed E-state index contributed by atoms with van der Waals surface area (Å²) in [6.45, 7) is 4.30. The maximum absolute atomic E-state index is 13.4. The molecular formula is C47H53N3O11S. The topological polar surface area (TPSA) is 169 Å². The van der Waals surface area contributed by atoms with Crippen molar-refractivity contribution in [3.05, 3.63) is 84.9 Å². The number of hydrogen-bond acceptors (Lipinski definition) is 15. The first-order chi connectivity index (χ1) is 30.1. The van der Waals surface area contributed by atoms with Gasteiger partial charge in [0.1, 0.15) is 23.0 Å². The molecular weight excluding hydrogens is 815 g/mol. The number of benzene rings is 3. The van der Waals surface area contributed by atoms with E-state index in [1.54, 1.807) is 54.5 Å². The van der Waals surface area contributed by atoms with Crippen molar-refractivity contribution in [3.8, 4) is 23.0 Å². The average molecular weight is 868 g/mol. The third-order valence-corrected chi connectivity index (χ3v) is 12.2. The quantitative estimate of drug-likeness (QED) is 0.0219. The van der Waals surface area contributed by atoms with Crippen molar-refractivity contribution in [2.75, 3.05) is 32.4 Å². The van der Waals surface area contributed by atoms with Gasteiger partial charge < -0.3 is 28.4 Å². The number of nitrogens with zero attached hydrogens (tertiary/aromatic N) is 3. The summed E-state index contributed by atoms with van der Waals surface area (Å²) in [4.78, 5) is 67.6. The SMILES string of the molecule is C=CC(=O)OCCCCCCOc1ccc(OC(=O)C2CCC(C(=O)Oc3ccc(OC(=O)C4CCC(C(=O)OC)CC4)c(/C=N/N(C)c4nc5ccccc5s4)c3)CC2)cc1. The van der Waals surface area contributed by atoms with Crippen LogP contribution in [0.3, 0.4) is 0 Å². The van der Waals surface area contributed by atoms with Crippen molar-refractivity contribution < 1.29 is 52.4 Å². The van der Waals surface area contributed by atoms with Gasteiger partial charge in [-0.2, -0.15) is 5.10 Å². The van der Waals surface area contributed by atoms with Crippen molar-refractivity contribution in [2.45, 2.75) is 77.0 Å². The summed E-state index contributed by atoms with van der Waals surface area (Å²) in [7, 11) is 3.14. The highest BCUT2D eigenvalue weighted by molar-refractivity contribution is 7.22. The monoisotopic (exact) mass is 867 g/mol. The fraction of sp³-hybridized carbons (Fsp3) is 0.426. The third-order valence-electron chi connectivity index (χ3n) is 11.1. The molecule has 0 unspecified atom stereocenters. The molecule has 0 spiro atoms. The van der Waals surface area contributed by atoms with E-state index in [1.165, 1.54) is 24.7 Å². The number of carbonyl (C=O) groups excluding carboxylic acids is 5. The fourth-order valence-corrected chi connectivity index (χ4v) is 8.34. The van der Waals surface area contributed by atoms with Crippen LogP contribution in [0.25, 0.3) is 10.2 Å². The van der Waals surface area contributed by atoms with E-state index in [1.807, 2.05) is 24.3 Å². The molecule has 14 nitrogen and oxygen atoms in total. The number of esters is 5. The van der Waals surface area contributed by atoms with Crippen LogP contribution in [0.15, 0.2) is 84.5 Å². The lowest BCUT2D eigenvalue weighted by molar-refractivity contribution is -0.149. The number of hydrogen-bond donors (Lipinski definition) is 0. The molecule has 2 aliphatic carbocycles. The molecule has 0 radical (unpaired) electrons. The first kappa shape index (κ1) is 45.4. The van der Waals surface area contributed by atoms with Crippen LogP contribution in [0.4, 0.5) is 5.13 Å². The highest BCUT2D eigenvalue weighted by Gasteiger charge is 2.34. The summed E-state index contributed by atoms with van der Waals surface area (Å²) < 4.78 is 34.1. The van der Waals surface area contributed by atoms with Crippen LogP contribution in [0, 0.1) is 23.7 Å². The molecule has 2 aliphatic rings. The van der Waals surface area contributed by atoms with Gasteiger partial charge >= 0.3 is 29.8 Å². The molecule has 4 aromatic rings. The van der Waals surface area contributed by atoms with E-state index in [0.29, 0.717) is 86.8 Å². The van der Waals surface area contributed by atoms with Crippen LogP contribution in [-0.4, -0.2) is 68.4 Å². The number of fused-ring (bicyclic) bond motifs is 1. The van der Waals surface area contributed by atoms with E-state index in [4.69, 9.17) is 28.4 Å². The summed E-state index contributed by atoms with van der Waals surface area (Å²) in [6.07, 6.45) is 10.2. The van der Waals surface area contributed by atoms with Crippen molar-refractivity contribution in [1.82, 2.24) is 4.98 Å². The van der Waals surface area contributed by atoms with Crippen molar-refractivity contribution >= 4 is 62.7 Å². The number of ether oxygens (including phenoxy) is 6. The maximum Gasteiger partial charge on any atom is 0.330 e. The minimum absolute atomic E-state index is 0.227. The second-order valence-corrected chi connectivity index (χ2v) is 16.4. The van der Waals surface area contributed by atoms with Gasteiger partial charge in [-0.05, 0) is 132 Å². The minimum Gasteiger partial charge on any atom is -0.494 e. The number of thiazole rings is 1. The number of anilines is 1. The molecule has 0 bridgehead atoms. The predicted molar refractivity (Wildman–Crippen MR) is 233 cm³/mol. The van der Waals surface area contributed by atoms with E-state index >= 15 is 0 Å². The molecule has 15 heteroatoms. The Morgan fingerprint density at radius 1 is 0.710 bits per heavy atom. The Labute approximate surface area is 365 Å². The summed E-state index contributed by atoms with van der Waals surface area (Å²) >= 11 is 1.48. The lowest BCUT2D eigenvalue weighted by atomic mass is 9.82. The summed E-state index contributed by atoms with van der Waals surface area (Å²) in [5, 5.41) is 6.88. The predicted octanol–water partition coefficient (Wildman–Crippen LogP) is 8.64. The van der Waals surface area contributed by atoms with Crippen LogP contribution in [0.2, 0.25) is 0 Å². The Morgan fingerprint density at radius 3 is 1.87 bits per heavy atom. The Kier molecular flexibility index (Phi) is 16.6. The molecule has 2 fully saturated rings. The molecule has 62 heavy (non-hydrogen) atoms. The zero-order valence-corrected chi connectivity index (χ0v) is 36.0. The van der Waals surface area contributed by atoms with E-state index < -0.39 is 23.8 Å². The third kappa shape index (κ3) is 13.0.